The highest BCUT2D eigenvalue weighted by molar-refractivity contribution is 5.71. The van der Waals surface area contributed by atoms with Gasteiger partial charge >= 0.3 is 17.9 Å². The van der Waals surface area contributed by atoms with E-state index in [4.69, 9.17) is 14.2 Å². The first-order valence-corrected chi connectivity index (χ1v) is 25.2. The van der Waals surface area contributed by atoms with Crippen LogP contribution in [0.1, 0.15) is 278 Å². The van der Waals surface area contributed by atoms with Gasteiger partial charge in [-0.3, -0.25) is 14.4 Å². The van der Waals surface area contributed by atoms with E-state index >= 15 is 0 Å². The summed E-state index contributed by atoms with van der Waals surface area (Å²) in [5, 5.41) is 0. The van der Waals surface area contributed by atoms with Crippen molar-refractivity contribution in [3.05, 3.63) is 12.2 Å². The van der Waals surface area contributed by atoms with E-state index in [-0.39, 0.29) is 31.1 Å². The molecule has 0 aromatic carbocycles. The van der Waals surface area contributed by atoms with Gasteiger partial charge in [0.05, 0.1) is 0 Å². The average Bonchev–Trinajstić information content (AvgIpc) is 3.21. The zero-order valence-corrected chi connectivity index (χ0v) is 38.4. The minimum absolute atomic E-state index is 0.0676. The zero-order valence-electron chi connectivity index (χ0n) is 38.4. The van der Waals surface area contributed by atoms with E-state index in [1.807, 2.05) is 0 Å². The molecule has 6 nitrogen and oxygen atoms in total. The summed E-state index contributed by atoms with van der Waals surface area (Å²) in [5.74, 6) is -0.863. The number of hydrogen-bond acceptors (Lipinski definition) is 6. The van der Waals surface area contributed by atoms with Crippen molar-refractivity contribution in [2.45, 2.75) is 284 Å². The molecule has 0 saturated carbocycles. The smallest absolute Gasteiger partial charge is 0.306 e. The summed E-state index contributed by atoms with van der Waals surface area (Å²) in [6.45, 7) is 6.64. The molecule has 0 aromatic heterocycles. The molecule has 0 aliphatic heterocycles. The number of allylic oxidation sites excluding steroid dienone is 2. The van der Waals surface area contributed by atoms with Crippen molar-refractivity contribution in [3.8, 4) is 0 Å². The number of rotatable bonds is 46. The van der Waals surface area contributed by atoms with Gasteiger partial charge in [0.1, 0.15) is 13.2 Å². The van der Waals surface area contributed by atoms with Crippen LogP contribution in [-0.2, 0) is 28.6 Å². The van der Waals surface area contributed by atoms with Crippen LogP contribution in [0.4, 0.5) is 0 Å². The van der Waals surface area contributed by atoms with Crippen molar-refractivity contribution in [1.82, 2.24) is 0 Å². The van der Waals surface area contributed by atoms with Crippen LogP contribution in [0, 0.1) is 0 Å². The van der Waals surface area contributed by atoms with Crippen molar-refractivity contribution in [2.24, 2.45) is 0 Å². The van der Waals surface area contributed by atoms with E-state index in [9.17, 15) is 14.4 Å². The number of carbonyl (C=O) groups excluding carboxylic acids is 3. The van der Waals surface area contributed by atoms with E-state index in [1.54, 1.807) is 0 Å². The Kier molecular flexibility index (Phi) is 45.3. The van der Waals surface area contributed by atoms with Crippen molar-refractivity contribution in [2.75, 3.05) is 13.2 Å². The molecule has 0 heterocycles. The second kappa shape index (κ2) is 46.8. The Hall–Kier alpha value is -1.85. The van der Waals surface area contributed by atoms with Crippen molar-refractivity contribution in [1.29, 1.82) is 0 Å². The molecule has 6 heteroatoms. The highest BCUT2D eigenvalue weighted by Crippen LogP contribution is 2.16. The van der Waals surface area contributed by atoms with Gasteiger partial charge in [-0.05, 0) is 44.9 Å². The monoisotopic (exact) mass is 805 g/mol. The number of hydrogen-bond donors (Lipinski definition) is 0. The molecule has 0 bridgehead atoms. The number of unbranched alkanes of at least 4 members (excludes halogenated alkanes) is 33. The third kappa shape index (κ3) is 45.1. The Bertz CT molecular complexity index is 885. The summed E-state index contributed by atoms with van der Waals surface area (Å²) in [6.07, 6.45) is 50.5. The van der Waals surface area contributed by atoms with Gasteiger partial charge in [0, 0.05) is 19.3 Å². The van der Waals surface area contributed by atoms with Gasteiger partial charge in [0.25, 0.3) is 0 Å². The lowest BCUT2D eigenvalue weighted by atomic mass is 10.0. The molecular formula is C51H96O6. The van der Waals surface area contributed by atoms with Crippen LogP contribution >= 0.6 is 0 Å². The maximum Gasteiger partial charge on any atom is 0.306 e. The highest BCUT2D eigenvalue weighted by atomic mass is 16.6. The van der Waals surface area contributed by atoms with Crippen LogP contribution < -0.4 is 0 Å². The first-order chi connectivity index (χ1) is 28.0. The summed E-state index contributed by atoms with van der Waals surface area (Å²) >= 11 is 0. The molecule has 0 radical (unpaired) electrons. The fourth-order valence-electron chi connectivity index (χ4n) is 7.44. The Morgan fingerprint density at radius 1 is 0.333 bits per heavy atom. The quantitative estimate of drug-likeness (QED) is 0.0264. The van der Waals surface area contributed by atoms with E-state index in [2.05, 4.69) is 32.9 Å². The van der Waals surface area contributed by atoms with E-state index in [0.29, 0.717) is 19.3 Å². The molecule has 0 spiro atoms. The summed E-state index contributed by atoms with van der Waals surface area (Å²) < 4.78 is 16.8. The summed E-state index contributed by atoms with van der Waals surface area (Å²) in [5.41, 5.74) is 0. The molecular weight excluding hydrogens is 709 g/mol. The van der Waals surface area contributed by atoms with E-state index in [1.165, 1.54) is 173 Å². The van der Waals surface area contributed by atoms with Gasteiger partial charge in [-0.2, -0.15) is 0 Å². The molecule has 0 unspecified atom stereocenters. The molecule has 0 aliphatic carbocycles. The van der Waals surface area contributed by atoms with Crippen molar-refractivity contribution < 1.29 is 28.6 Å². The maximum atomic E-state index is 12.7. The minimum Gasteiger partial charge on any atom is -0.462 e. The first kappa shape index (κ1) is 55.2. The normalized spacial score (nSPS) is 12.0. The Morgan fingerprint density at radius 2 is 0.579 bits per heavy atom. The lowest BCUT2D eigenvalue weighted by Crippen LogP contribution is -2.30. The largest absolute Gasteiger partial charge is 0.462 e. The number of esters is 3. The Labute approximate surface area is 354 Å². The summed E-state index contributed by atoms with van der Waals surface area (Å²) in [7, 11) is 0. The molecule has 1 atom stereocenters. The van der Waals surface area contributed by atoms with Gasteiger partial charge in [0.2, 0.25) is 0 Å². The molecule has 0 fully saturated rings. The fraction of sp³-hybridized carbons (Fsp3) is 0.902. The standard InChI is InChI=1S/C51H96O6/c1-4-7-10-13-16-19-22-24-25-26-27-30-32-35-38-41-44-50(53)56-47-48(46-55-49(52)43-40-37-34-31-28-21-18-15-12-9-6-3)57-51(54)45-42-39-36-33-29-23-20-17-14-11-8-5-2/h25-26,48H,4-24,27-47H2,1-3H3/b26-25-/t48-/m1/s1. The summed E-state index contributed by atoms with van der Waals surface area (Å²) in [4.78, 5) is 37.8. The second-order valence-corrected chi connectivity index (χ2v) is 17.1. The Morgan fingerprint density at radius 3 is 0.877 bits per heavy atom. The topological polar surface area (TPSA) is 78.9 Å². The molecule has 0 rings (SSSR count). The number of carbonyl (C=O) groups is 3. The van der Waals surface area contributed by atoms with Crippen LogP contribution in [0.25, 0.3) is 0 Å². The molecule has 0 amide bonds. The van der Waals surface area contributed by atoms with Gasteiger partial charge < -0.3 is 14.2 Å². The van der Waals surface area contributed by atoms with Gasteiger partial charge in [-0.25, -0.2) is 0 Å². The molecule has 0 saturated heterocycles. The first-order valence-electron chi connectivity index (χ1n) is 25.2. The predicted octanol–water partition coefficient (Wildman–Crippen LogP) is 16.2. The van der Waals surface area contributed by atoms with Crippen LogP contribution in [0.2, 0.25) is 0 Å². The molecule has 0 aliphatic rings. The lowest BCUT2D eigenvalue weighted by molar-refractivity contribution is -0.167. The molecule has 0 aromatic rings. The van der Waals surface area contributed by atoms with E-state index in [0.717, 1.165) is 64.2 Å². The number of ether oxygens (including phenoxy) is 3. The average molecular weight is 805 g/mol. The van der Waals surface area contributed by atoms with Crippen LogP contribution in [-0.4, -0.2) is 37.2 Å². The fourth-order valence-corrected chi connectivity index (χ4v) is 7.44. The molecule has 0 N–H and O–H groups in total. The third-order valence-corrected chi connectivity index (χ3v) is 11.3. The third-order valence-electron chi connectivity index (χ3n) is 11.3. The van der Waals surface area contributed by atoms with Crippen molar-refractivity contribution >= 4 is 17.9 Å². The van der Waals surface area contributed by atoms with Gasteiger partial charge in [-0.15, -0.1) is 0 Å². The van der Waals surface area contributed by atoms with Crippen molar-refractivity contribution in [3.63, 3.8) is 0 Å². The second-order valence-electron chi connectivity index (χ2n) is 17.1. The SMILES string of the molecule is CCCCCCCCC/C=C\CCCCCCCC(=O)OC[C@@H](COC(=O)CCCCCCCCCCCCC)OC(=O)CCCCCCCCCCCCCC. The summed E-state index contributed by atoms with van der Waals surface area (Å²) in [6, 6.07) is 0. The highest BCUT2D eigenvalue weighted by Gasteiger charge is 2.19. The molecule has 57 heavy (non-hydrogen) atoms. The maximum absolute atomic E-state index is 12.7. The van der Waals surface area contributed by atoms with Crippen LogP contribution in [0.3, 0.4) is 0 Å². The minimum atomic E-state index is -0.765. The molecule has 336 valence electrons. The van der Waals surface area contributed by atoms with Crippen LogP contribution in [0.15, 0.2) is 12.2 Å². The Balaban J connectivity index is 4.32. The lowest BCUT2D eigenvalue weighted by Gasteiger charge is -2.18. The predicted molar refractivity (Wildman–Crippen MR) is 243 cm³/mol. The van der Waals surface area contributed by atoms with E-state index < -0.39 is 6.10 Å². The van der Waals surface area contributed by atoms with Crippen LogP contribution in [0.5, 0.6) is 0 Å². The van der Waals surface area contributed by atoms with Gasteiger partial charge in [0.15, 0.2) is 6.10 Å². The zero-order chi connectivity index (χ0) is 41.5. The van der Waals surface area contributed by atoms with Gasteiger partial charge in [-0.1, -0.05) is 226 Å².